The maximum absolute atomic E-state index is 12.8. The van der Waals surface area contributed by atoms with Crippen molar-refractivity contribution in [1.82, 2.24) is 19.4 Å². The second-order valence-corrected chi connectivity index (χ2v) is 7.37. The zero-order valence-electron chi connectivity index (χ0n) is 18.2. The number of carbonyl (C=O) groups excluding carboxylic acids is 2. The van der Waals surface area contributed by atoms with E-state index in [0.717, 1.165) is 5.69 Å². The predicted molar refractivity (Wildman–Crippen MR) is 116 cm³/mol. The predicted octanol–water partition coefficient (Wildman–Crippen LogP) is 2.24. The van der Waals surface area contributed by atoms with E-state index in [4.69, 9.17) is 15.2 Å². The first-order chi connectivity index (χ1) is 14.8. The third-order valence-electron chi connectivity index (χ3n) is 4.55. The Bertz CT molecular complexity index is 1090. The minimum Gasteiger partial charge on any atom is -0.491 e. The van der Waals surface area contributed by atoms with Gasteiger partial charge in [0.2, 0.25) is 5.91 Å². The molecule has 0 fully saturated rings. The van der Waals surface area contributed by atoms with Gasteiger partial charge in [0.05, 0.1) is 30.5 Å². The molecule has 10 nitrogen and oxygen atoms in total. The van der Waals surface area contributed by atoms with E-state index in [9.17, 15) is 9.59 Å². The number of nitrogens with one attached hydrogen (secondary N) is 1. The molecule has 0 saturated carbocycles. The molecule has 2 amide bonds. The van der Waals surface area contributed by atoms with Crippen LogP contribution in [-0.2, 0) is 11.3 Å². The minimum atomic E-state index is -0.587. The highest BCUT2D eigenvalue weighted by Gasteiger charge is 2.18. The fraction of sp³-hybridized carbons (Fsp3) is 0.429. The van der Waals surface area contributed by atoms with Gasteiger partial charge >= 0.3 is 0 Å². The Balaban J connectivity index is 1.88. The van der Waals surface area contributed by atoms with Crippen LogP contribution in [0.2, 0.25) is 0 Å². The molecule has 2 heterocycles. The lowest BCUT2D eigenvalue weighted by Gasteiger charge is -2.13. The number of hydrogen-bond acceptors (Lipinski definition) is 6. The molecule has 2 aromatic heterocycles. The van der Waals surface area contributed by atoms with Gasteiger partial charge in [-0.05, 0) is 45.9 Å². The van der Waals surface area contributed by atoms with E-state index in [1.807, 2.05) is 27.7 Å². The van der Waals surface area contributed by atoms with Gasteiger partial charge in [-0.3, -0.25) is 19.7 Å². The number of aromatic nitrogens is 4. The molecular formula is C21H28N6O4. The number of nitrogens with zero attached hydrogens (tertiary/aromatic N) is 4. The number of primary amides is 1. The zero-order chi connectivity index (χ0) is 22.5. The highest BCUT2D eigenvalue weighted by molar-refractivity contribution is 6.01. The number of fused-ring (bicyclic) bond motifs is 1. The van der Waals surface area contributed by atoms with E-state index in [1.165, 1.54) is 11.0 Å². The lowest BCUT2D eigenvalue weighted by Crippen LogP contribution is -2.25. The second kappa shape index (κ2) is 9.61. The molecule has 0 bridgehead atoms. The largest absolute Gasteiger partial charge is 0.491 e. The number of imidazole rings is 1. The molecule has 0 atom stereocenters. The van der Waals surface area contributed by atoms with Crippen molar-refractivity contribution in [2.24, 2.45) is 5.73 Å². The first kappa shape index (κ1) is 22.3. The van der Waals surface area contributed by atoms with Gasteiger partial charge in [0.25, 0.3) is 5.91 Å². The Morgan fingerprint density at radius 2 is 2.00 bits per heavy atom. The SMILES string of the molecule is CCn1nc(C)cc1C(=O)Nn1cnc2cc(C(N)=O)cc(OCCCOC(C)C)c21. The quantitative estimate of drug-likeness (QED) is 0.477. The number of carbonyl (C=O) groups is 2. The third-order valence-corrected chi connectivity index (χ3v) is 4.55. The Labute approximate surface area is 180 Å². The van der Waals surface area contributed by atoms with Gasteiger partial charge in [-0.2, -0.15) is 5.10 Å². The molecule has 0 aliphatic rings. The number of rotatable bonds is 10. The Hall–Kier alpha value is -3.40. The second-order valence-electron chi connectivity index (χ2n) is 7.37. The number of hydrogen-bond donors (Lipinski definition) is 2. The molecule has 0 unspecified atom stereocenters. The number of ether oxygens (including phenoxy) is 2. The minimum absolute atomic E-state index is 0.140. The van der Waals surface area contributed by atoms with E-state index in [0.29, 0.717) is 48.7 Å². The molecule has 3 aromatic rings. The third kappa shape index (κ3) is 5.21. The van der Waals surface area contributed by atoms with E-state index in [1.54, 1.807) is 22.9 Å². The van der Waals surface area contributed by atoms with Crippen LogP contribution < -0.4 is 15.9 Å². The van der Waals surface area contributed by atoms with Crippen molar-refractivity contribution >= 4 is 22.8 Å². The molecule has 31 heavy (non-hydrogen) atoms. The first-order valence-electron chi connectivity index (χ1n) is 10.2. The smallest absolute Gasteiger partial charge is 0.288 e. The molecule has 0 spiro atoms. The maximum atomic E-state index is 12.8. The standard InChI is InChI=1S/C21H28N6O4/c1-5-26-17(9-14(4)24-26)21(29)25-27-12-23-16-10-15(20(22)28)11-18(19(16)27)31-8-6-7-30-13(2)3/h9-13H,5-8H2,1-4H3,(H2,22,28)(H,25,29). The topological polar surface area (TPSA) is 126 Å². The lowest BCUT2D eigenvalue weighted by molar-refractivity contribution is 0.0695. The van der Waals surface area contributed by atoms with E-state index in [2.05, 4.69) is 15.5 Å². The van der Waals surface area contributed by atoms with Gasteiger partial charge < -0.3 is 15.2 Å². The lowest BCUT2D eigenvalue weighted by atomic mass is 10.1. The van der Waals surface area contributed by atoms with Gasteiger partial charge in [-0.1, -0.05) is 0 Å². The molecule has 10 heteroatoms. The number of nitrogens with two attached hydrogens (primary N) is 1. The van der Waals surface area contributed by atoms with Crippen LogP contribution in [0.15, 0.2) is 24.5 Å². The van der Waals surface area contributed by atoms with Crippen molar-refractivity contribution in [1.29, 1.82) is 0 Å². The van der Waals surface area contributed by atoms with Crippen LogP contribution in [0.4, 0.5) is 0 Å². The van der Waals surface area contributed by atoms with Gasteiger partial charge in [0.15, 0.2) is 0 Å². The number of amides is 2. The van der Waals surface area contributed by atoms with Crippen molar-refractivity contribution in [3.63, 3.8) is 0 Å². The van der Waals surface area contributed by atoms with Crippen molar-refractivity contribution in [2.75, 3.05) is 18.6 Å². The summed E-state index contributed by atoms with van der Waals surface area (Å²) in [5, 5.41) is 4.30. The normalized spacial score (nSPS) is 11.3. The van der Waals surface area contributed by atoms with Gasteiger partial charge in [-0.15, -0.1) is 0 Å². The summed E-state index contributed by atoms with van der Waals surface area (Å²) < 4.78 is 14.5. The van der Waals surface area contributed by atoms with E-state index >= 15 is 0 Å². The van der Waals surface area contributed by atoms with Crippen LogP contribution in [0.25, 0.3) is 11.0 Å². The molecule has 0 aliphatic carbocycles. The Morgan fingerprint density at radius 1 is 1.23 bits per heavy atom. The summed E-state index contributed by atoms with van der Waals surface area (Å²) in [5.74, 6) is -0.526. The number of benzene rings is 1. The average molecular weight is 428 g/mol. The molecular weight excluding hydrogens is 400 g/mol. The summed E-state index contributed by atoms with van der Waals surface area (Å²) in [6.45, 7) is 9.15. The Morgan fingerprint density at radius 3 is 2.68 bits per heavy atom. The van der Waals surface area contributed by atoms with Crippen molar-refractivity contribution < 1.29 is 19.1 Å². The zero-order valence-corrected chi connectivity index (χ0v) is 18.2. The highest BCUT2D eigenvalue weighted by Crippen LogP contribution is 2.27. The summed E-state index contributed by atoms with van der Waals surface area (Å²) >= 11 is 0. The summed E-state index contributed by atoms with van der Waals surface area (Å²) in [7, 11) is 0. The summed E-state index contributed by atoms with van der Waals surface area (Å²) in [5.41, 5.74) is 10.7. The highest BCUT2D eigenvalue weighted by atomic mass is 16.5. The molecule has 3 N–H and O–H groups in total. The van der Waals surface area contributed by atoms with Crippen LogP contribution in [0.3, 0.4) is 0 Å². The molecule has 0 aliphatic heterocycles. The fourth-order valence-corrected chi connectivity index (χ4v) is 3.14. The monoisotopic (exact) mass is 428 g/mol. The van der Waals surface area contributed by atoms with Crippen molar-refractivity contribution in [3.8, 4) is 5.75 Å². The van der Waals surface area contributed by atoms with E-state index < -0.39 is 5.91 Å². The number of aryl methyl sites for hydroxylation is 2. The van der Waals surface area contributed by atoms with Crippen LogP contribution in [0, 0.1) is 6.92 Å². The van der Waals surface area contributed by atoms with Crippen LogP contribution >= 0.6 is 0 Å². The molecule has 0 radical (unpaired) electrons. The van der Waals surface area contributed by atoms with Crippen LogP contribution in [-0.4, -0.2) is 50.6 Å². The summed E-state index contributed by atoms with van der Waals surface area (Å²) in [4.78, 5) is 28.9. The average Bonchev–Trinajstić information content (AvgIpc) is 3.30. The first-order valence-corrected chi connectivity index (χ1v) is 10.2. The Kier molecular flexibility index (Phi) is 6.91. The summed E-state index contributed by atoms with van der Waals surface area (Å²) in [6, 6.07) is 4.84. The van der Waals surface area contributed by atoms with Crippen LogP contribution in [0.1, 0.15) is 53.7 Å². The van der Waals surface area contributed by atoms with Gasteiger partial charge in [0, 0.05) is 18.5 Å². The van der Waals surface area contributed by atoms with Crippen LogP contribution in [0.5, 0.6) is 5.75 Å². The molecule has 166 valence electrons. The van der Waals surface area contributed by atoms with E-state index in [-0.39, 0.29) is 17.6 Å². The molecule has 0 saturated heterocycles. The summed E-state index contributed by atoms with van der Waals surface area (Å²) in [6.07, 6.45) is 2.26. The van der Waals surface area contributed by atoms with Crippen molar-refractivity contribution in [3.05, 3.63) is 41.5 Å². The van der Waals surface area contributed by atoms with Gasteiger partial charge in [0.1, 0.15) is 23.3 Å². The van der Waals surface area contributed by atoms with Gasteiger partial charge in [-0.25, -0.2) is 9.66 Å². The van der Waals surface area contributed by atoms with Crippen molar-refractivity contribution in [2.45, 2.75) is 46.8 Å². The molecule has 3 rings (SSSR count). The molecule has 1 aromatic carbocycles. The maximum Gasteiger partial charge on any atom is 0.288 e. The fourth-order valence-electron chi connectivity index (χ4n) is 3.14.